The molecule has 0 aromatic heterocycles. The summed E-state index contributed by atoms with van der Waals surface area (Å²) in [4.78, 5) is 50.2. The van der Waals surface area contributed by atoms with Gasteiger partial charge in [0.2, 0.25) is 0 Å². The maximum Gasteiger partial charge on any atom is 0.333 e. The molecule has 7 nitrogen and oxygen atoms in total. The van der Waals surface area contributed by atoms with Crippen molar-refractivity contribution in [2.45, 2.75) is 109 Å². The predicted octanol–water partition coefficient (Wildman–Crippen LogP) is 4.53. The van der Waals surface area contributed by atoms with Crippen LogP contribution in [0.5, 0.6) is 0 Å². The summed E-state index contributed by atoms with van der Waals surface area (Å²) in [6.07, 6.45) is 14.4. The van der Waals surface area contributed by atoms with Gasteiger partial charge in [0, 0.05) is 25.7 Å². The van der Waals surface area contributed by atoms with E-state index in [0.717, 1.165) is 38.5 Å². The summed E-state index contributed by atoms with van der Waals surface area (Å²) in [5.41, 5.74) is 0. The van der Waals surface area contributed by atoms with Gasteiger partial charge in [-0.2, -0.15) is 0 Å². The first-order chi connectivity index (χ1) is 13.5. The predicted molar refractivity (Wildman–Crippen MR) is 104 cm³/mol. The first-order valence-corrected chi connectivity index (χ1v) is 10.8. The molecule has 1 heterocycles. The van der Waals surface area contributed by atoms with Gasteiger partial charge >= 0.3 is 11.9 Å². The summed E-state index contributed by atoms with van der Waals surface area (Å²) in [6.45, 7) is 0. The lowest BCUT2D eigenvalue weighted by Crippen LogP contribution is -2.41. The fourth-order valence-electron chi connectivity index (χ4n) is 3.30. The second-order valence-corrected chi connectivity index (χ2v) is 7.54. The summed E-state index contributed by atoms with van der Waals surface area (Å²) in [7, 11) is 0. The first kappa shape index (κ1) is 24.1. The maximum atomic E-state index is 11.7. The van der Waals surface area contributed by atoms with Crippen molar-refractivity contribution < 1.29 is 29.1 Å². The minimum Gasteiger partial charge on any atom is -0.481 e. The Morgan fingerprint density at radius 1 is 0.714 bits per heavy atom. The van der Waals surface area contributed by atoms with Crippen molar-refractivity contribution in [2.24, 2.45) is 0 Å². The van der Waals surface area contributed by atoms with Crippen molar-refractivity contribution in [1.82, 2.24) is 5.06 Å². The normalized spacial score (nSPS) is 14.4. The van der Waals surface area contributed by atoms with Gasteiger partial charge in [-0.25, -0.2) is 4.79 Å². The fourth-order valence-corrected chi connectivity index (χ4v) is 3.30. The summed E-state index contributed by atoms with van der Waals surface area (Å²) < 4.78 is 0. The third-order valence-electron chi connectivity index (χ3n) is 4.95. The Kier molecular flexibility index (Phi) is 13.0. The van der Waals surface area contributed by atoms with E-state index in [1.165, 1.54) is 32.1 Å². The average molecular weight is 398 g/mol. The van der Waals surface area contributed by atoms with Gasteiger partial charge in [0.05, 0.1) is 0 Å². The Bertz CT molecular complexity index is 489. The molecular weight excluding hydrogens is 362 g/mol. The lowest BCUT2D eigenvalue weighted by atomic mass is 10.0. The van der Waals surface area contributed by atoms with Crippen LogP contribution in [-0.4, -0.2) is 33.9 Å². The number of rotatable bonds is 16. The highest BCUT2D eigenvalue weighted by atomic mass is 16.7. The highest BCUT2D eigenvalue weighted by Gasteiger charge is 2.29. The fraction of sp³-hybridized carbons (Fsp3) is 0.810. The largest absolute Gasteiger partial charge is 0.481 e. The monoisotopic (exact) mass is 397 g/mol. The van der Waals surface area contributed by atoms with Crippen LogP contribution in [0.15, 0.2) is 0 Å². The Balaban J connectivity index is 1.86. The highest BCUT2D eigenvalue weighted by Crippen LogP contribution is 2.15. The maximum absolute atomic E-state index is 11.7. The Labute approximate surface area is 167 Å². The molecule has 1 aliphatic rings. The van der Waals surface area contributed by atoms with E-state index in [1.54, 1.807) is 0 Å². The van der Waals surface area contributed by atoms with E-state index in [9.17, 15) is 19.2 Å². The molecule has 0 unspecified atom stereocenters. The molecule has 28 heavy (non-hydrogen) atoms. The van der Waals surface area contributed by atoms with Gasteiger partial charge in [0.15, 0.2) is 0 Å². The number of amides is 2. The van der Waals surface area contributed by atoms with Crippen LogP contribution >= 0.6 is 0 Å². The number of hydrogen-bond acceptors (Lipinski definition) is 5. The van der Waals surface area contributed by atoms with Gasteiger partial charge in [0.1, 0.15) is 0 Å². The molecule has 7 heteroatoms. The number of carboxylic acid groups (broad SMARTS) is 1. The molecule has 0 aromatic rings. The summed E-state index contributed by atoms with van der Waals surface area (Å²) in [5.74, 6) is -2.06. The van der Waals surface area contributed by atoms with Crippen molar-refractivity contribution in [2.75, 3.05) is 0 Å². The van der Waals surface area contributed by atoms with Gasteiger partial charge in [-0.1, -0.05) is 64.2 Å². The van der Waals surface area contributed by atoms with Crippen molar-refractivity contribution in [3.8, 4) is 0 Å². The number of nitrogens with zero attached hydrogens (tertiary/aromatic N) is 1. The van der Waals surface area contributed by atoms with E-state index >= 15 is 0 Å². The molecule has 0 spiro atoms. The van der Waals surface area contributed by atoms with Gasteiger partial charge in [-0.15, -0.1) is 5.06 Å². The molecular formula is C21H35NO6. The summed E-state index contributed by atoms with van der Waals surface area (Å²) in [5, 5.41) is 9.19. The van der Waals surface area contributed by atoms with E-state index in [1.807, 2.05) is 0 Å². The van der Waals surface area contributed by atoms with Crippen LogP contribution in [0.25, 0.3) is 0 Å². The molecule has 0 atom stereocenters. The molecule has 2 amide bonds. The standard InChI is InChI=1S/C21H35NO6/c23-18-14-13-15-19(24)22(18)28-21(27)17-12-10-8-6-4-2-1-3-5-7-9-11-16-20(25)26/h1-17H2,(H,25,26). The molecule has 1 N–H and O–H groups in total. The average Bonchev–Trinajstić information content (AvgIpc) is 2.65. The number of carbonyl (C=O) groups is 4. The molecule has 1 rings (SSSR count). The van der Waals surface area contributed by atoms with Crippen LogP contribution in [0.4, 0.5) is 0 Å². The molecule has 0 aliphatic carbocycles. The number of hydrogen-bond donors (Lipinski definition) is 1. The summed E-state index contributed by atoms with van der Waals surface area (Å²) >= 11 is 0. The zero-order valence-corrected chi connectivity index (χ0v) is 17.0. The zero-order chi connectivity index (χ0) is 20.6. The molecule has 0 aromatic carbocycles. The van der Waals surface area contributed by atoms with Gasteiger partial charge in [0.25, 0.3) is 11.8 Å². The third-order valence-corrected chi connectivity index (χ3v) is 4.95. The summed E-state index contributed by atoms with van der Waals surface area (Å²) in [6, 6.07) is 0. The number of aliphatic carboxylic acids is 1. The van der Waals surface area contributed by atoms with E-state index in [2.05, 4.69) is 0 Å². The minimum atomic E-state index is -0.705. The number of carbonyl (C=O) groups excluding carboxylic acids is 3. The first-order valence-electron chi connectivity index (χ1n) is 10.8. The highest BCUT2D eigenvalue weighted by molar-refractivity contribution is 5.97. The molecule has 0 bridgehead atoms. The second kappa shape index (κ2) is 15.1. The lowest BCUT2D eigenvalue weighted by molar-refractivity contribution is -0.205. The lowest BCUT2D eigenvalue weighted by Gasteiger charge is -2.22. The quantitative estimate of drug-likeness (QED) is 0.303. The van der Waals surface area contributed by atoms with Gasteiger partial charge in [-0.05, 0) is 19.3 Å². The van der Waals surface area contributed by atoms with Crippen LogP contribution in [0.3, 0.4) is 0 Å². The van der Waals surface area contributed by atoms with E-state index in [4.69, 9.17) is 9.94 Å². The van der Waals surface area contributed by atoms with E-state index in [0.29, 0.717) is 17.9 Å². The molecule has 1 saturated heterocycles. The topological polar surface area (TPSA) is 101 Å². The van der Waals surface area contributed by atoms with Crippen molar-refractivity contribution >= 4 is 23.8 Å². The molecule has 1 aliphatic heterocycles. The Morgan fingerprint density at radius 3 is 1.54 bits per heavy atom. The zero-order valence-electron chi connectivity index (χ0n) is 17.0. The third kappa shape index (κ3) is 11.7. The number of hydroxylamine groups is 2. The van der Waals surface area contributed by atoms with Crippen molar-refractivity contribution in [1.29, 1.82) is 0 Å². The second-order valence-electron chi connectivity index (χ2n) is 7.54. The Morgan fingerprint density at radius 2 is 1.11 bits per heavy atom. The van der Waals surface area contributed by atoms with Crippen LogP contribution in [0, 0.1) is 0 Å². The van der Waals surface area contributed by atoms with Crippen LogP contribution in [0.1, 0.15) is 109 Å². The van der Waals surface area contributed by atoms with Crippen LogP contribution in [0.2, 0.25) is 0 Å². The number of carboxylic acids is 1. The van der Waals surface area contributed by atoms with Gasteiger partial charge in [-0.3, -0.25) is 14.4 Å². The molecule has 160 valence electrons. The molecule has 0 saturated carbocycles. The number of piperidine rings is 1. The molecule has 0 radical (unpaired) electrons. The van der Waals surface area contributed by atoms with Crippen LogP contribution < -0.4 is 0 Å². The minimum absolute atomic E-state index is 0.235. The van der Waals surface area contributed by atoms with E-state index in [-0.39, 0.29) is 25.7 Å². The van der Waals surface area contributed by atoms with Crippen LogP contribution in [-0.2, 0) is 24.0 Å². The SMILES string of the molecule is O=C(O)CCCCCCCCCCCCCCC(=O)ON1C(=O)CCCC1=O. The van der Waals surface area contributed by atoms with Crippen molar-refractivity contribution in [3.05, 3.63) is 0 Å². The molecule has 1 fully saturated rings. The number of unbranched alkanes of at least 4 members (excludes halogenated alkanes) is 11. The smallest absolute Gasteiger partial charge is 0.333 e. The Hall–Kier alpha value is -1.92. The van der Waals surface area contributed by atoms with Crippen molar-refractivity contribution in [3.63, 3.8) is 0 Å². The number of imide groups is 1. The van der Waals surface area contributed by atoms with E-state index < -0.39 is 23.8 Å². The van der Waals surface area contributed by atoms with Gasteiger partial charge < -0.3 is 9.94 Å².